The van der Waals surface area contributed by atoms with E-state index >= 15 is 0 Å². The fourth-order valence-corrected chi connectivity index (χ4v) is 0.689. The third kappa shape index (κ3) is 5.02. The van der Waals surface area contributed by atoms with Gasteiger partial charge >= 0.3 is 0 Å². The average molecular weight is 172 g/mol. The molecule has 0 heterocycles. The molecule has 3 heteroatoms. The van der Waals surface area contributed by atoms with Crippen LogP contribution in [-0.4, -0.2) is 24.8 Å². The Hall–Kier alpha value is -0.700. The number of carbonyl (C=O) groups is 2. The highest BCUT2D eigenvalue weighted by atomic mass is 16.5. The van der Waals surface area contributed by atoms with Crippen LogP contribution in [0.25, 0.3) is 0 Å². The number of unbranched alkanes of at least 4 members (excludes halogenated alkanes) is 1. The maximum absolute atomic E-state index is 10.9. The summed E-state index contributed by atoms with van der Waals surface area (Å²) in [5, 5.41) is 0. The van der Waals surface area contributed by atoms with Gasteiger partial charge < -0.3 is 4.74 Å². The molecule has 0 N–H and O–H groups in total. The lowest BCUT2D eigenvalue weighted by molar-refractivity contribution is -0.139. The number of Topliss-reactive ketones (excluding diaryl/α,β-unsaturated/α-hetero) is 2. The van der Waals surface area contributed by atoms with Gasteiger partial charge in [0.1, 0.15) is 6.61 Å². The van der Waals surface area contributed by atoms with Crippen LogP contribution in [0.4, 0.5) is 0 Å². The summed E-state index contributed by atoms with van der Waals surface area (Å²) in [4.78, 5) is 21.6. The van der Waals surface area contributed by atoms with Crippen molar-refractivity contribution >= 4 is 11.6 Å². The summed E-state index contributed by atoms with van der Waals surface area (Å²) in [6.07, 6.45) is 2.25. The fourth-order valence-electron chi connectivity index (χ4n) is 0.689. The lowest BCUT2D eigenvalue weighted by atomic mass is 10.2. The topological polar surface area (TPSA) is 43.4 Å². The number of ether oxygens (including phenoxy) is 1. The van der Waals surface area contributed by atoms with Crippen molar-refractivity contribution in [3.05, 3.63) is 0 Å². The molecular weight excluding hydrogens is 156 g/mol. The molecule has 70 valence electrons. The summed E-state index contributed by atoms with van der Waals surface area (Å²) in [7, 11) is 0. The van der Waals surface area contributed by atoms with Crippen LogP contribution in [0.2, 0.25) is 0 Å². The molecule has 0 aromatic rings. The van der Waals surface area contributed by atoms with Crippen LogP contribution in [0.3, 0.4) is 0 Å². The molecule has 0 saturated carbocycles. The molecule has 0 aliphatic rings. The molecule has 0 radical (unpaired) electrons. The van der Waals surface area contributed by atoms with E-state index in [1.807, 2.05) is 6.92 Å². The number of rotatable bonds is 7. The summed E-state index contributed by atoms with van der Waals surface area (Å²) in [5.41, 5.74) is 0. The number of hydrogen-bond donors (Lipinski definition) is 0. The smallest absolute Gasteiger partial charge is 0.223 e. The normalized spacial score (nSPS) is 9.83. The van der Waals surface area contributed by atoms with Crippen LogP contribution in [0.5, 0.6) is 0 Å². The van der Waals surface area contributed by atoms with Crippen molar-refractivity contribution in [3.8, 4) is 0 Å². The summed E-state index contributed by atoms with van der Waals surface area (Å²) in [6, 6.07) is 0. The molecule has 0 aromatic heterocycles. The van der Waals surface area contributed by atoms with Crippen molar-refractivity contribution in [3.63, 3.8) is 0 Å². The van der Waals surface area contributed by atoms with Gasteiger partial charge in [0.25, 0.3) is 0 Å². The van der Waals surface area contributed by atoms with E-state index in [1.165, 1.54) is 0 Å². The van der Waals surface area contributed by atoms with Crippen LogP contribution in [-0.2, 0) is 14.3 Å². The predicted molar refractivity (Wildman–Crippen MR) is 46.0 cm³/mol. The van der Waals surface area contributed by atoms with Crippen molar-refractivity contribution in [1.29, 1.82) is 0 Å². The fraction of sp³-hybridized carbons (Fsp3) is 0.778. The van der Waals surface area contributed by atoms with E-state index in [0.29, 0.717) is 6.61 Å². The highest BCUT2D eigenvalue weighted by Gasteiger charge is 2.09. The van der Waals surface area contributed by atoms with Crippen molar-refractivity contribution in [2.75, 3.05) is 13.2 Å². The van der Waals surface area contributed by atoms with Gasteiger partial charge in [-0.15, -0.1) is 0 Å². The van der Waals surface area contributed by atoms with Gasteiger partial charge in [-0.25, -0.2) is 0 Å². The Balaban J connectivity index is 3.38. The number of hydrogen-bond acceptors (Lipinski definition) is 3. The van der Waals surface area contributed by atoms with Crippen LogP contribution in [0.15, 0.2) is 0 Å². The van der Waals surface area contributed by atoms with Crippen LogP contribution in [0, 0.1) is 0 Å². The van der Waals surface area contributed by atoms with E-state index < -0.39 is 5.78 Å². The first-order chi connectivity index (χ1) is 5.72. The Morgan fingerprint density at radius 1 is 1.17 bits per heavy atom. The zero-order valence-corrected chi connectivity index (χ0v) is 7.76. The zero-order valence-electron chi connectivity index (χ0n) is 7.76. The van der Waals surface area contributed by atoms with E-state index in [1.54, 1.807) is 6.92 Å². The molecule has 0 spiro atoms. The van der Waals surface area contributed by atoms with Gasteiger partial charge in [0.05, 0.1) is 0 Å². The van der Waals surface area contributed by atoms with Crippen LogP contribution >= 0.6 is 0 Å². The molecule has 0 unspecified atom stereocenters. The van der Waals surface area contributed by atoms with Gasteiger partial charge in [-0.1, -0.05) is 20.3 Å². The molecule has 0 aromatic carbocycles. The zero-order chi connectivity index (χ0) is 9.40. The van der Waals surface area contributed by atoms with E-state index in [2.05, 4.69) is 0 Å². The van der Waals surface area contributed by atoms with Gasteiger partial charge in [-0.05, 0) is 6.42 Å². The van der Waals surface area contributed by atoms with Gasteiger partial charge in [0.2, 0.25) is 11.6 Å². The van der Waals surface area contributed by atoms with E-state index in [4.69, 9.17) is 4.74 Å². The monoisotopic (exact) mass is 172 g/mol. The van der Waals surface area contributed by atoms with Gasteiger partial charge in [-0.3, -0.25) is 9.59 Å². The molecule has 0 aliphatic heterocycles. The second kappa shape index (κ2) is 6.98. The summed E-state index contributed by atoms with van der Waals surface area (Å²) >= 11 is 0. The maximum atomic E-state index is 10.9. The Morgan fingerprint density at radius 3 is 2.33 bits per heavy atom. The van der Waals surface area contributed by atoms with Crippen molar-refractivity contribution in [2.24, 2.45) is 0 Å². The van der Waals surface area contributed by atoms with Crippen molar-refractivity contribution < 1.29 is 14.3 Å². The minimum absolute atomic E-state index is 0.0489. The summed E-state index contributed by atoms with van der Waals surface area (Å²) < 4.78 is 4.99. The Labute approximate surface area is 73.1 Å². The first-order valence-corrected chi connectivity index (χ1v) is 4.36. The first-order valence-electron chi connectivity index (χ1n) is 4.36. The lowest BCUT2D eigenvalue weighted by Crippen LogP contribution is -2.19. The Kier molecular flexibility index (Phi) is 6.57. The molecule has 3 nitrogen and oxygen atoms in total. The number of ketones is 2. The predicted octanol–water partition coefficient (Wildman–Crippen LogP) is 1.35. The lowest BCUT2D eigenvalue weighted by Gasteiger charge is -2.00. The second-order valence-corrected chi connectivity index (χ2v) is 2.61. The van der Waals surface area contributed by atoms with E-state index in [9.17, 15) is 9.59 Å². The maximum Gasteiger partial charge on any atom is 0.223 e. The number of carbonyl (C=O) groups excluding carboxylic acids is 2. The Bertz CT molecular complexity index is 152. The van der Waals surface area contributed by atoms with Gasteiger partial charge in [0, 0.05) is 13.0 Å². The molecular formula is C9H16O3. The van der Waals surface area contributed by atoms with Crippen molar-refractivity contribution in [2.45, 2.75) is 33.1 Å². The average Bonchev–Trinajstić information content (AvgIpc) is 2.10. The molecule has 0 atom stereocenters. The SMILES string of the molecule is CCCCOCC(=O)C(=O)CC. The van der Waals surface area contributed by atoms with E-state index in [-0.39, 0.29) is 18.8 Å². The summed E-state index contributed by atoms with van der Waals surface area (Å²) in [5.74, 6) is -0.750. The first kappa shape index (κ1) is 11.3. The highest BCUT2D eigenvalue weighted by Crippen LogP contribution is 1.90. The molecule has 0 amide bonds. The standard InChI is InChI=1S/C9H16O3/c1-3-5-6-12-7-9(11)8(10)4-2/h3-7H2,1-2H3. The van der Waals surface area contributed by atoms with Gasteiger partial charge in [0.15, 0.2) is 0 Å². The second-order valence-electron chi connectivity index (χ2n) is 2.61. The minimum Gasteiger partial charge on any atom is -0.373 e. The molecule has 12 heavy (non-hydrogen) atoms. The van der Waals surface area contributed by atoms with Crippen molar-refractivity contribution in [1.82, 2.24) is 0 Å². The summed E-state index contributed by atoms with van der Waals surface area (Å²) in [6.45, 7) is 4.24. The highest BCUT2D eigenvalue weighted by molar-refractivity contribution is 6.37. The molecule has 0 aliphatic carbocycles. The van der Waals surface area contributed by atoms with Crippen LogP contribution < -0.4 is 0 Å². The molecule has 0 bridgehead atoms. The van der Waals surface area contributed by atoms with Gasteiger partial charge in [-0.2, -0.15) is 0 Å². The third-order valence-corrected chi connectivity index (χ3v) is 1.51. The largest absolute Gasteiger partial charge is 0.373 e. The molecule has 0 saturated heterocycles. The molecule has 0 rings (SSSR count). The minimum atomic E-state index is -0.409. The quantitative estimate of drug-likeness (QED) is 0.430. The van der Waals surface area contributed by atoms with E-state index in [0.717, 1.165) is 12.8 Å². The molecule has 0 fully saturated rings. The Morgan fingerprint density at radius 2 is 1.83 bits per heavy atom. The van der Waals surface area contributed by atoms with Crippen LogP contribution in [0.1, 0.15) is 33.1 Å². The third-order valence-electron chi connectivity index (χ3n) is 1.51.